The Bertz CT molecular complexity index is 339. The Morgan fingerprint density at radius 2 is 1.50 bits per heavy atom. The summed E-state index contributed by atoms with van der Waals surface area (Å²) in [5.41, 5.74) is 16.1. The fourth-order valence-electron chi connectivity index (χ4n) is 1.55. The van der Waals surface area contributed by atoms with Gasteiger partial charge in [0.15, 0.2) is 5.96 Å². The number of hydrogen-bond donors (Lipinski definition) is 4. The minimum Gasteiger partial charge on any atom is -0.462 e. The van der Waals surface area contributed by atoms with Crippen molar-refractivity contribution >= 4 is 11.9 Å². The van der Waals surface area contributed by atoms with Crippen LogP contribution in [0.1, 0.15) is 12.8 Å². The zero-order valence-electron chi connectivity index (χ0n) is 14.0. The largest absolute Gasteiger partial charge is 0.462 e. The first-order chi connectivity index (χ1) is 11.6. The number of rotatable bonds is 16. The van der Waals surface area contributed by atoms with Crippen LogP contribution in [0.25, 0.3) is 0 Å². The SMILES string of the molecule is NC(N)=NCCC[C@H](N)C(=O)OCCOCCOCCOCCO. The number of aliphatic hydroxyl groups is 1. The summed E-state index contributed by atoms with van der Waals surface area (Å²) in [4.78, 5) is 15.4. The molecule has 0 aliphatic heterocycles. The standard InChI is InChI=1S/C14H30N4O6/c15-12(2-1-3-18-14(16)17)13(20)24-11-10-23-9-8-22-7-6-21-5-4-19/h12,19H,1-11,15H2,(H4,16,17,18)/t12-/m0/s1. The maximum Gasteiger partial charge on any atom is 0.322 e. The van der Waals surface area contributed by atoms with Crippen LogP contribution in [0.15, 0.2) is 4.99 Å². The lowest BCUT2D eigenvalue weighted by molar-refractivity contribution is -0.147. The first kappa shape index (κ1) is 22.5. The van der Waals surface area contributed by atoms with Gasteiger partial charge in [-0.05, 0) is 12.8 Å². The van der Waals surface area contributed by atoms with Gasteiger partial charge < -0.3 is 41.3 Å². The molecule has 0 saturated heterocycles. The van der Waals surface area contributed by atoms with Gasteiger partial charge in [-0.3, -0.25) is 9.79 Å². The highest BCUT2D eigenvalue weighted by Gasteiger charge is 2.14. The van der Waals surface area contributed by atoms with Crippen molar-refractivity contribution in [2.45, 2.75) is 18.9 Å². The summed E-state index contributed by atoms with van der Waals surface area (Å²) in [7, 11) is 0. The highest BCUT2D eigenvalue weighted by atomic mass is 16.6. The maximum atomic E-state index is 11.6. The molecule has 0 unspecified atom stereocenters. The molecule has 10 nitrogen and oxygen atoms in total. The molecular formula is C14H30N4O6. The molecule has 0 aromatic carbocycles. The van der Waals surface area contributed by atoms with Crippen LogP contribution >= 0.6 is 0 Å². The highest BCUT2D eigenvalue weighted by molar-refractivity contribution is 5.76. The first-order valence-corrected chi connectivity index (χ1v) is 7.89. The van der Waals surface area contributed by atoms with E-state index in [-0.39, 0.29) is 25.8 Å². The Morgan fingerprint density at radius 1 is 0.958 bits per heavy atom. The third kappa shape index (κ3) is 15.4. The van der Waals surface area contributed by atoms with Gasteiger partial charge in [0.25, 0.3) is 0 Å². The summed E-state index contributed by atoms with van der Waals surface area (Å²) in [6.07, 6.45) is 1.05. The van der Waals surface area contributed by atoms with Crippen molar-refractivity contribution in [2.24, 2.45) is 22.2 Å². The van der Waals surface area contributed by atoms with Gasteiger partial charge in [0.1, 0.15) is 12.6 Å². The second-order valence-electron chi connectivity index (χ2n) is 4.78. The lowest BCUT2D eigenvalue weighted by atomic mass is 10.2. The summed E-state index contributed by atoms with van der Waals surface area (Å²) < 4.78 is 20.5. The highest BCUT2D eigenvalue weighted by Crippen LogP contribution is 1.98. The van der Waals surface area contributed by atoms with Gasteiger partial charge >= 0.3 is 5.97 Å². The van der Waals surface area contributed by atoms with Gasteiger partial charge in [0, 0.05) is 6.54 Å². The number of aliphatic hydroxyl groups excluding tert-OH is 1. The van der Waals surface area contributed by atoms with Crippen LogP contribution in [-0.4, -0.2) is 82.5 Å². The van der Waals surface area contributed by atoms with Crippen LogP contribution in [0.5, 0.6) is 0 Å². The fourth-order valence-corrected chi connectivity index (χ4v) is 1.55. The molecular weight excluding hydrogens is 320 g/mol. The third-order valence-electron chi connectivity index (χ3n) is 2.72. The van der Waals surface area contributed by atoms with Crippen molar-refractivity contribution in [3.63, 3.8) is 0 Å². The monoisotopic (exact) mass is 350 g/mol. The number of carbonyl (C=O) groups is 1. The molecule has 142 valence electrons. The molecule has 0 amide bonds. The first-order valence-electron chi connectivity index (χ1n) is 7.89. The lowest BCUT2D eigenvalue weighted by Gasteiger charge is -2.11. The number of nitrogens with two attached hydrogens (primary N) is 3. The molecule has 0 fully saturated rings. The minimum atomic E-state index is -0.693. The molecule has 0 aliphatic carbocycles. The predicted molar refractivity (Wildman–Crippen MR) is 88.4 cm³/mol. The molecule has 0 spiro atoms. The lowest BCUT2D eigenvalue weighted by Crippen LogP contribution is -2.33. The molecule has 0 rings (SSSR count). The molecule has 1 atom stereocenters. The van der Waals surface area contributed by atoms with E-state index in [2.05, 4.69) is 4.99 Å². The molecule has 0 aliphatic rings. The average Bonchev–Trinajstić information content (AvgIpc) is 2.56. The van der Waals surface area contributed by atoms with E-state index in [0.29, 0.717) is 52.4 Å². The maximum absolute atomic E-state index is 11.6. The van der Waals surface area contributed by atoms with Crippen molar-refractivity contribution in [3.05, 3.63) is 0 Å². The van der Waals surface area contributed by atoms with Crippen molar-refractivity contribution < 1.29 is 28.8 Å². The van der Waals surface area contributed by atoms with E-state index in [0.717, 1.165) is 0 Å². The van der Waals surface area contributed by atoms with Crippen LogP contribution in [0, 0.1) is 0 Å². The molecule has 0 aromatic rings. The van der Waals surface area contributed by atoms with Crippen LogP contribution in [0.3, 0.4) is 0 Å². The number of ether oxygens (including phenoxy) is 4. The predicted octanol–water partition coefficient (Wildman–Crippen LogP) is -2.05. The molecule has 0 bridgehead atoms. The van der Waals surface area contributed by atoms with E-state index in [1.165, 1.54) is 0 Å². The fraction of sp³-hybridized carbons (Fsp3) is 0.857. The number of hydrogen-bond acceptors (Lipinski definition) is 8. The number of aliphatic imine (C=N–C) groups is 1. The van der Waals surface area contributed by atoms with E-state index in [1.807, 2.05) is 0 Å². The van der Waals surface area contributed by atoms with E-state index in [9.17, 15) is 4.79 Å². The molecule has 10 heteroatoms. The van der Waals surface area contributed by atoms with E-state index < -0.39 is 12.0 Å². The van der Waals surface area contributed by atoms with Gasteiger partial charge in [-0.15, -0.1) is 0 Å². The van der Waals surface area contributed by atoms with Crippen molar-refractivity contribution in [3.8, 4) is 0 Å². The van der Waals surface area contributed by atoms with Crippen molar-refractivity contribution in [1.29, 1.82) is 0 Å². The summed E-state index contributed by atoms with van der Waals surface area (Å²) in [5.74, 6) is -0.453. The zero-order chi connectivity index (χ0) is 18.0. The van der Waals surface area contributed by atoms with E-state index in [4.69, 9.17) is 41.3 Å². The van der Waals surface area contributed by atoms with Crippen molar-refractivity contribution in [1.82, 2.24) is 0 Å². The molecule has 24 heavy (non-hydrogen) atoms. The smallest absolute Gasteiger partial charge is 0.322 e. The second-order valence-corrected chi connectivity index (χ2v) is 4.78. The van der Waals surface area contributed by atoms with E-state index in [1.54, 1.807) is 0 Å². The Morgan fingerprint density at radius 3 is 2.04 bits per heavy atom. The Hall–Kier alpha value is -1.46. The number of carbonyl (C=O) groups excluding carboxylic acids is 1. The Kier molecular flexibility index (Phi) is 15.4. The summed E-state index contributed by atoms with van der Waals surface area (Å²) in [6, 6.07) is -0.693. The van der Waals surface area contributed by atoms with E-state index >= 15 is 0 Å². The van der Waals surface area contributed by atoms with Gasteiger partial charge in [-0.25, -0.2) is 0 Å². The van der Waals surface area contributed by atoms with Gasteiger partial charge in [-0.1, -0.05) is 0 Å². The molecule has 0 radical (unpaired) electrons. The number of nitrogens with zero attached hydrogens (tertiary/aromatic N) is 1. The number of guanidine groups is 1. The number of esters is 1. The Labute approximate surface area is 142 Å². The summed E-state index contributed by atoms with van der Waals surface area (Å²) in [5, 5.41) is 8.49. The van der Waals surface area contributed by atoms with Crippen LogP contribution < -0.4 is 17.2 Å². The van der Waals surface area contributed by atoms with Crippen LogP contribution in [-0.2, 0) is 23.7 Å². The van der Waals surface area contributed by atoms with Gasteiger partial charge in [0.2, 0.25) is 0 Å². The molecule has 0 saturated carbocycles. The van der Waals surface area contributed by atoms with Crippen LogP contribution in [0.2, 0.25) is 0 Å². The second kappa shape index (κ2) is 16.4. The Balaban J connectivity index is 3.37. The normalized spacial score (nSPS) is 11.9. The molecule has 0 aromatic heterocycles. The van der Waals surface area contributed by atoms with Crippen molar-refractivity contribution in [2.75, 3.05) is 59.4 Å². The van der Waals surface area contributed by atoms with Gasteiger partial charge in [-0.2, -0.15) is 0 Å². The molecule has 0 heterocycles. The van der Waals surface area contributed by atoms with Gasteiger partial charge in [0.05, 0.1) is 46.2 Å². The zero-order valence-corrected chi connectivity index (χ0v) is 14.0. The van der Waals surface area contributed by atoms with Crippen LogP contribution in [0.4, 0.5) is 0 Å². The summed E-state index contributed by atoms with van der Waals surface area (Å²) >= 11 is 0. The quantitative estimate of drug-likeness (QED) is 0.106. The molecule has 7 N–H and O–H groups in total. The minimum absolute atomic E-state index is 0.00174. The average molecular weight is 350 g/mol. The third-order valence-corrected chi connectivity index (χ3v) is 2.72. The summed E-state index contributed by atoms with van der Waals surface area (Å²) in [6.45, 7) is 2.83. The topological polar surface area (TPSA) is 165 Å².